The van der Waals surface area contributed by atoms with Crippen LogP contribution in [0.4, 0.5) is 0 Å². The third kappa shape index (κ3) is 4.14. The summed E-state index contributed by atoms with van der Waals surface area (Å²) in [6, 6.07) is 14.9. The van der Waals surface area contributed by atoms with Crippen molar-refractivity contribution in [1.82, 2.24) is 0 Å². The third-order valence-corrected chi connectivity index (χ3v) is 3.10. The molecule has 0 N–H and O–H groups in total. The Bertz CT molecular complexity index is 782. The van der Waals surface area contributed by atoms with E-state index in [1.165, 1.54) is 0 Å². The molecular formula is C19H14O4. The van der Waals surface area contributed by atoms with E-state index < -0.39 is 5.97 Å². The molecule has 0 saturated carbocycles. The van der Waals surface area contributed by atoms with Gasteiger partial charge in [-0.25, -0.2) is 4.79 Å². The molecule has 0 aromatic heterocycles. The van der Waals surface area contributed by atoms with Crippen LogP contribution in [0.25, 0.3) is 6.08 Å². The molecule has 2 aromatic carbocycles. The summed E-state index contributed by atoms with van der Waals surface area (Å²) in [5.41, 5.74) is 1.72. The van der Waals surface area contributed by atoms with Gasteiger partial charge in [-0.15, -0.1) is 0 Å². The van der Waals surface area contributed by atoms with Crippen molar-refractivity contribution in [3.8, 4) is 23.3 Å². The highest BCUT2D eigenvalue weighted by molar-refractivity contribution is 5.89. The summed E-state index contributed by atoms with van der Waals surface area (Å²) in [6.45, 7) is 0.414. The van der Waals surface area contributed by atoms with Gasteiger partial charge in [-0.1, -0.05) is 36.3 Å². The zero-order valence-electron chi connectivity index (χ0n) is 12.3. The summed E-state index contributed by atoms with van der Waals surface area (Å²) >= 11 is 0. The van der Waals surface area contributed by atoms with E-state index in [1.807, 2.05) is 54.6 Å². The minimum atomic E-state index is -0.552. The predicted molar refractivity (Wildman–Crippen MR) is 85.9 cm³/mol. The van der Waals surface area contributed by atoms with Gasteiger partial charge in [0.25, 0.3) is 0 Å². The van der Waals surface area contributed by atoms with Crippen LogP contribution in [-0.4, -0.2) is 19.4 Å². The SMILES string of the molecule is O=C(C#Cc1ccccc1)OC/C=C/c1ccc2c(c1)OCO2. The Morgan fingerprint density at radius 3 is 2.83 bits per heavy atom. The molecular weight excluding hydrogens is 292 g/mol. The van der Waals surface area contributed by atoms with Crippen LogP contribution in [0, 0.1) is 11.8 Å². The van der Waals surface area contributed by atoms with Crippen LogP contribution in [0.15, 0.2) is 54.6 Å². The van der Waals surface area contributed by atoms with Gasteiger partial charge in [0.2, 0.25) is 6.79 Å². The Kier molecular flexibility index (Phi) is 4.61. The van der Waals surface area contributed by atoms with Crippen LogP contribution < -0.4 is 9.47 Å². The van der Waals surface area contributed by atoms with Gasteiger partial charge in [0.05, 0.1) is 0 Å². The molecule has 0 bridgehead atoms. The summed E-state index contributed by atoms with van der Waals surface area (Å²) in [4.78, 5) is 11.5. The first-order chi connectivity index (χ1) is 11.3. The van der Waals surface area contributed by atoms with Crippen molar-refractivity contribution >= 4 is 12.0 Å². The third-order valence-electron chi connectivity index (χ3n) is 3.10. The quantitative estimate of drug-likeness (QED) is 0.646. The maximum absolute atomic E-state index is 11.5. The fraction of sp³-hybridized carbons (Fsp3) is 0.105. The molecule has 0 spiro atoms. The van der Waals surface area contributed by atoms with Gasteiger partial charge in [-0.05, 0) is 35.9 Å². The van der Waals surface area contributed by atoms with Crippen molar-refractivity contribution in [3.05, 3.63) is 65.7 Å². The number of hydrogen-bond donors (Lipinski definition) is 0. The van der Waals surface area contributed by atoms with E-state index in [0.717, 1.165) is 22.6 Å². The summed E-state index contributed by atoms with van der Waals surface area (Å²) in [7, 11) is 0. The number of hydrogen-bond acceptors (Lipinski definition) is 4. The van der Waals surface area contributed by atoms with Gasteiger partial charge in [0.1, 0.15) is 6.61 Å². The van der Waals surface area contributed by atoms with Crippen molar-refractivity contribution in [2.45, 2.75) is 0 Å². The smallest absolute Gasteiger partial charge is 0.385 e. The lowest BCUT2D eigenvalue weighted by molar-refractivity contribution is -0.135. The average molecular weight is 306 g/mol. The summed E-state index contributed by atoms with van der Waals surface area (Å²) < 4.78 is 15.6. The van der Waals surface area contributed by atoms with E-state index >= 15 is 0 Å². The van der Waals surface area contributed by atoms with Crippen LogP contribution in [-0.2, 0) is 9.53 Å². The number of fused-ring (bicyclic) bond motifs is 1. The maximum Gasteiger partial charge on any atom is 0.385 e. The molecule has 0 fully saturated rings. The molecule has 1 heterocycles. The van der Waals surface area contributed by atoms with Crippen LogP contribution >= 0.6 is 0 Å². The second kappa shape index (κ2) is 7.19. The van der Waals surface area contributed by atoms with Gasteiger partial charge in [0, 0.05) is 11.5 Å². The normalized spacial score (nSPS) is 11.8. The molecule has 0 radical (unpaired) electrons. The van der Waals surface area contributed by atoms with Crippen LogP contribution in [0.3, 0.4) is 0 Å². The number of benzene rings is 2. The van der Waals surface area contributed by atoms with Crippen molar-refractivity contribution in [1.29, 1.82) is 0 Å². The van der Waals surface area contributed by atoms with E-state index in [0.29, 0.717) is 0 Å². The fourth-order valence-electron chi connectivity index (χ4n) is 2.01. The van der Waals surface area contributed by atoms with E-state index in [1.54, 1.807) is 6.08 Å². The number of carbonyl (C=O) groups is 1. The first-order valence-corrected chi connectivity index (χ1v) is 7.11. The molecule has 4 nitrogen and oxygen atoms in total. The zero-order chi connectivity index (χ0) is 15.9. The standard InChI is InChI=1S/C19H14O4/c20-19(11-9-15-5-2-1-3-6-15)21-12-4-7-16-8-10-17-18(13-16)23-14-22-17/h1-8,10,13H,12,14H2/b7-4+. The Balaban J connectivity index is 1.49. The van der Waals surface area contributed by atoms with Crippen molar-refractivity contribution < 1.29 is 19.0 Å². The highest BCUT2D eigenvalue weighted by atomic mass is 16.7. The number of rotatable bonds is 3. The molecule has 114 valence electrons. The fourth-order valence-corrected chi connectivity index (χ4v) is 2.01. The molecule has 23 heavy (non-hydrogen) atoms. The molecule has 4 heteroatoms. The molecule has 0 unspecified atom stereocenters. The van der Waals surface area contributed by atoms with E-state index in [9.17, 15) is 4.79 Å². The summed E-state index contributed by atoms with van der Waals surface area (Å²) in [6.07, 6.45) is 3.60. The van der Waals surface area contributed by atoms with Crippen molar-refractivity contribution in [2.75, 3.05) is 13.4 Å². The van der Waals surface area contributed by atoms with Crippen LogP contribution in [0.2, 0.25) is 0 Å². The van der Waals surface area contributed by atoms with Crippen molar-refractivity contribution in [3.63, 3.8) is 0 Å². The number of ether oxygens (including phenoxy) is 3. The van der Waals surface area contributed by atoms with Gasteiger partial charge in [0.15, 0.2) is 11.5 Å². The van der Waals surface area contributed by atoms with Crippen LogP contribution in [0.1, 0.15) is 11.1 Å². The van der Waals surface area contributed by atoms with Crippen molar-refractivity contribution in [2.24, 2.45) is 0 Å². The molecule has 0 saturated heterocycles. The highest BCUT2D eigenvalue weighted by Crippen LogP contribution is 2.32. The lowest BCUT2D eigenvalue weighted by atomic mass is 10.2. The van der Waals surface area contributed by atoms with Gasteiger partial charge >= 0.3 is 5.97 Å². The lowest BCUT2D eigenvalue weighted by Crippen LogP contribution is -2.00. The highest BCUT2D eigenvalue weighted by Gasteiger charge is 2.11. The summed E-state index contributed by atoms with van der Waals surface area (Å²) in [5.74, 6) is 6.11. The molecule has 3 rings (SSSR count). The summed E-state index contributed by atoms with van der Waals surface area (Å²) in [5, 5.41) is 0. The Hall–Kier alpha value is -3.19. The minimum absolute atomic E-state index is 0.163. The Labute approximate surface area is 134 Å². The maximum atomic E-state index is 11.5. The van der Waals surface area contributed by atoms with E-state index in [2.05, 4.69) is 11.8 Å². The second-order valence-electron chi connectivity index (χ2n) is 4.73. The molecule has 2 aromatic rings. The molecule has 0 aliphatic carbocycles. The zero-order valence-corrected chi connectivity index (χ0v) is 12.3. The topological polar surface area (TPSA) is 44.8 Å². The molecule has 1 aliphatic rings. The van der Waals surface area contributed by atoms with E-state index in [4.69, 9.17) is 14.2 Å². The van der Waals surface area contributed by atoms with E-state index in [-0.39, 0.29) is 13.4 Å². The van der Waals surface area contributed by atoms with Gasteiger partial charge < -0.3 is 14.2 Å². The number of esters is 1. The largest absolute Gasteiger partial charge is 0.454 e. The minimum Gasteiger partial charge on any atom is -0.454 e. The Morgan fingerprint density at radius 1 is 1.13 bits per heavy atom. The average Bonchev–Trinajstić information content (AvgIpc) is 3.05. The second-order valence-corrected chi connectivity index (χ2v) is 4.73. The molecule has 1 aliphatic heterocycles. The monoisotopic (exact) mass is 306 g/mol. The predicted octanol–water partition coefficient (Wildman–Crippen LogP) is 3.02. The van der Waals surface area contributed by atoms with Gasteiger partial charge in [-0.3, -0.25) is 0 Å². The van der Waals surface area contributed by atoms with Gasteiger partial charge in [-0.2, -0.15) is 0 Å². The Morgan fingerprint density at radius 2 is 1.96 bits per heavy atom. The first kappa shape index (κ1) is 14.7. The first-order valence-electron chi connectivity index (χ1n) is 7.11. The number of carbonyl (C=O) groups excluding carboxylic acids is 1. The van der Waals surface area contributed by atoms with Crippen LogP contribution in [0.5, 0.6) is 11.5 Å². The molecule has 0 amide bonds. The lowest BCUT2D eigenvalue weighted by Gasteiger charge is -1.98. The molecule has 0 atom stereocenters.